The third-order valence-electron chi connectivity index (χ3n) is 3.60. The average molecular weight is 262 g/mol. The van der Waals surface area contributed by atoms with E-state index in [1.54, 1.807) is 11.3 Å². The first kappa shape index (κ1) is 11.9. The van der Waals surface area contributed by atoms with Crippen molar-refractivity contribution in [3.63, 3.8) is 0 Å². The molecule has 96 valence electrons. The zero-order valence-electron chi connectivity index (χ0n) is 10.6. The second-order valence-electron chi connectivity index (χ2n) is 4.89. The van der Waals surface area contributed by atoms with Crippen LogP contribution in [-0.4, -0.2) is 21.1 Å². The molecule has 0 aromatic carbocycles. The lowest BCUT2D eigenvalue weighted by molar-refractivity contribution is 0.348. The number of imidazole rings is 1. The smallest absolute Gasteiger partial charge is 0.108 e. The molecular weight excluding hydrogens is 244 g/mol. The third-order valence-corrected chi connectivity index (χ3v) is 4.53. The molecule has 1 aliphatic heterocycles. The van der Waals surface area contributed by atoms with Crippen molar-refractivity contribution in [3.8, 4) is 0 Å². The van der Waals surface area contributed by atoms with Crippen LogP contribution >= 0.6 is 11.3 Å². The van der Waals surface area contributed by atoms with E-state index in [9.17, 15) is 0 Å². The van der Waals surface area contributed by atoms with E-state index in [1.807, 2.05) is 11.7 Å². The van der Waals surface area contributed by atoms with Crippen LogP contribution in [0, 0.1) is 12.8 Å². The lowest BCUT2D eigenvalue weighted by Crippen LogP contribution is -2.29. The highest BCUT2D eigenvalue weighted by molar-refractivity contribution is 7.09. The van der Waals surface area contributed by atoms with E-state index in [-0.39, 0.29) is 0 Å². The second-order valence-corrected chi connectivity index (χ2v) is 5.83. The van der Waals surface area contributed by atoms with E-state index < -0.39 is 0 Å². The van der Waals surface area contributed by atoms with Crippen molar-refractivity contribution in [1.29, 1.82) is 0 Å². The zero-order chi connectivity index (χ0) is 12.4. The first-order valence-electron chi connectivity index (χ1n) is 6.42. The molecule has 4 nitrogen and oxygen atoms in total. The molecule has 0 amide bonds. The van der Waals surface area contributed by atoms with Gasteiger partial charge in [0, 0.05) is 43.3 Å². The number of hydrogen-bond acceptors (Lipinski definition) is 4. The molecule has 2 aromatic rings. The van der Waals surface area contributed by atoms with Crippen molar-refractivity contribution >= 4 is 11.3 Å². The molecule has 0 bridgehead atoms. The number of aryl methyl sites for hydroxylation is 2. The summed E-state index contributed by atoms with van der Waals surface area (Å²) in [5.74, 6) is 1.96. The molecule has 0 spiro atoms. The van der Waals surface area contributed by atoms with Crippen LogP contribution in [0.4, 0.5) is 0 Å². The van der Waals surface area contributed by atoms with Crippen LogP contribution in [0.25, 0.3) is 0 Å². The summed E-state index contributed by atoms with van der Waals surface area (Å²) in [6.45, 7) is 5.20. The van der Waals surface area contributed by atoms with Gasteiger partial charge < -0.3 is 9.88 Å². The third kappa shape index (κ3) is 2.47. The fourth-order valence-corrected chi connectivity index (χ4v) is 3.24. The molecule has 5 heteroatoms. The number of nitrogens with zero attached hydrogens (tertiary/aromatic N) is 3. The molecule has 3 heterocycles. The van der Waals surface area contributed by atoms with Gasteiger partial charge >= 0.3 is 0 Å². The summed E-state index contributed by atoms with van der Waals surface area (Å²) in [5.41, 5.74) is 3.08. The van der Waals surface area contributed by atoms with E-state index in [0.717, 1.165) is 37.7 Å². The predicted molar refractivity (Wildman–Crippen MR) is 72.6 cm³/mol. The Morgan fingerprint density at radius 2 is 2.44 bits per heavy atom. The number of thiazole rings is 1. The van der Waals surface area contributed by atoms with Gasteiger partial charge in [-0.3, -0.25) is 0 Å². The number of aromatic nitrogens is 3. The SMILES string of the molecule is Cc1ncsc1CNC[C@@H]1CCc2nccn2C1. The molecule has 2 aromatic heterocycles. The minimum Gasteiger partial charge on any atom is -0.335 e. The summed E-state index contributed by atoms with van der Waals surface area (Å²) >= 11 is 1.74. The Morgan fingerprint density at radius 1 is 1.50 bits per heavy atom. The van der Waals surface area contributed by atoms with Gasteiger partial charge in [-0.25, -0.2) is 9.97 Å². The van der Waals surface area contributed by atoms with Gasteiger partial charge in [0.05, 0.1) is 11.2 Å². The minimum atomic E-state index is 0.722. The van der Waals surface area contributed by atoms with Crippen LogP contribution in [-0.2, 0) is 19.5 Å². The number of rotatable bonds is 4. The van der Waals surface area contributed by atoms with Crippen molar-refractivity contribution in [1.82, 2.24) is 19.9 Å². The Kier molecular flexibility index (Phi) is 3.43. The van der Waals surface area contributed by atoms with Crippen LogP contribution in [0.15, 0.2) is 17.9 Å². The first-order chi connectivity index (χ1) is 8.83. The maximum atomic E-state index is 4.36. The quantitative estimate of drug-likeness (QED) is 0.916. The number of nitrogens with one attached hydrogen (secondary N) is 1. The summed E-state index contributed by atoms with van der Waals surface area (Å²) in [4.78, 5) is 9.99. The lowest BCUT2D eigenvalue weighted by atomic mass is 9.99. The van der Waals surface area contributed by atoms with Crippen molar-refractivity contribution in [2.24, 2.45) is 5.92 Å². The topological polar surface area (TPSA) is 42.7 Å². The summed E-state index contributed by atoms with van der Waals surface area (Å²) < 4.78 is 2.29. The Balaban J connectivity index is 1.49. The predicted octanol–water partition coefficient (Wildman–Crippen LogP) is 2.00. The Morgan fingerprint density at radius 3 is 3.28 bits per heavy atom. The second kappa shape index (κ2) is 5.20. The maximum absolute atomic E-state index is 4.36. The van der Waals surface area contributed by atoms with Crippen LogP contribution in [0.5, 0.6) is 0 Å². The Labute approximate surface area is 111 Å². The van der Waals surface area contributed by atoms with Crippen LogP contribution < -0.4 is 5.32 Å². The van der Waals surface area contributed by atoms with Crippen molar-refractivity contribution in [2.45, 2.75) is 32.9 Å². The molecule has 18 heavy (non-hydrogen) atoms. The van der Waals surface area contributed by atoms with Crippen molar-refractivity contribution in [3.05, 3.63) is 34.3 Å². The van der Waals surface area contributed by atoms with Gasteiger partial charge in [-0.2, -0.15) is 0 Å². The fraction of sp³-hybridized carbons (Fsp3) is 0.538. The van der Waals surface area contributed by atoms with Gasteiger partial charge in [-0.1, -0.05) is 0 Å². The van der Waals surface area contributed by atoms with Gasteiger partial charge in [0.1, 0.15) is 5.82 Å². The van der Waals surface area contributed by atoms with Gasteiger partial charge in [0.15, 0.2) is 0 Å². The molecule has 0 radical (unpaired) electrons. The highest BCUT2D eigenvalue weighted by Gasteiger charge is 2.18. The standard InChI is InChI=1S/C13H18N4S/c1-10-12(18-9-16-10)7-14-6-11-2-3-13-15-4-5-17(13)8-11/h4-5,9,11,14H,2-3,6-8H2,1H3/t11-/m0/s1. The Bertz CT molecular complexity index is 517. The van der Waals surface area contributed by atoms with Crippen LogP contribution in [0.1, 0.15) is 22.8 Å². The van der Waals surface area contributed by atoms with Gasteiger partial charge in [0.25, 0.3) is 0 Å². The Hall–Kier alpha value is -1.20. The van der Waals surface area contributed by atoms with Gasteiger partial charge in [-0.05, 0) is 19.3 Å². The molecule has 1 atom stereocenters. The molecule has 0 saturated carbocycles. The zero-order valence-corrected chi connectivity index (χ0v) is 11.4. The summed E-state index contributed by atoms with van der Waals surface area (Å²) in [6, 6.07) is 0. The number of fused-ring (bicyclic) bond motifs is 1. The highest BCUT2D eigenvalue weighted by atomic mass is 32.1. The van der Waals surface area contributed by atoms with Crippen molar-refractivity contribution in [2.75, 3.05) is 6.54 Å². The number of hydrogen-bond donors (Lipinski definition) is 1. The molecule has 0 fully saturated rings. The molecule has 3 rings (SSSR count). The van der Waals surface area contributed by atoms with Crippen LogP contribution in [0.2, 0.25) is 0 Å². The minimum absolute atomic E-state index is 0.722. The molecule has 0 saturated heterocycles. The lowest BCUT2D eigenvalue weighted by Gasteiger charge is -2.23. The summed E-state index contributed by atoms with van der Waals surface area (Å²) in [5, 5.41) is 3.56. The monoisotopic (exact) mass is 262 g/mol. The molecule has 0 unspecified atom stereocenters. The molecule has 0 aliphatic carbocycles. The normalized spacial score (nSPS) is 18.8. The van der Waals surface area contributed by atoms with E-state index in [4.69, 9.17) is 0 Å². The van der Waals surface area contributed by atoms with Crippen LogP contribution in [0.3, 0.4) is 0 Å². The molecule has 1 aliphatic rings. The summed E-state index contributed by atoms with van der Waals surface area (Å²) in [7, 11) is 0. The van der Waals surface area contributed by atoms with E-state index in [2.05, 4.69) is 33.0 Å². The fourth-order valence-electron chi connectivity index (χ4n) is 2.49. The molecule has 1 N–H and O–H groups in total. The van der Waals surface area contributed by atoms with Gasteiger partial charge in [0.2, 0.25) is 0 Å². The van der Waals surface area contributed by atoms with E-state index in [0.29, 0.717) is 0 Å². The van der Waals surface area contributed by atoms with E-state index >= 15 is 0 Å². The highest BCUT2D eigenvalue weighted by Crippen LogP contribution is 2.18. The largest absolute Gasteiger partial charge is 0.335 e. The molecular formula is C13H18N4S. The van der Waals surface area contributed by atoms with E-state index in [1.165, 1.54) is 17.1 Å². The maximum Gasteiger partial charge on any atom is 0.108 e. The van der Waals surface area contributed by atoms with Crippen molar-refractivity contribution < 1.29 is 0 Å². The first-order valence-corrected chi connectivity index (χ1v) is 7.30. The average Bonchev–Trinajstić information content (AvgIpc) is 2.98. The summed E-state index contributed by atoms with van der Waals surface area (Å²) in [6.07, 6.45) is 6.35. The van der Waals surface area contributed by atoms with Gasteiger partial charge in [-0.15, -0.1) is 11.3 Å².